The second kappa shape index (κ2) is 2.52. The molecule has 1 heteroatoms. The fourth-order valence-corrected chi connectivity index (χ4v) is 1.03. The van der Waals surface area contributed by atoms with E-state index in [-0.39, 0.29) is 11.3 Å². The Morgan fingerprint density at radius 2 is 1.30 bits per heavy atom. The molecule has 0 aliphatic heterocycles. The molecule has 0 bridgehead atoms. The lowest BCUT2D eigenvalue weighted by Crippen LogP contribution is -2.33. The van der Waals surface area contributed by atoms with Gasteiger partial charge in [0.05, 0.1) is 0 Å². The average Bonchev–Trinajstić information content (AvgIpc) is 1.59. The molecule has 0 aliphatic rings. The summed E-state index contributed by atoms with van der Waals surface area (Å²) in [6, 6.07) is 0. The highest BCUT2D eigenvalue weighted by molar-refractivity contribution is 4.83. The van der Waals surface area contributed by atoms with E-state index in [0.29, 0.717) is 0 Å². The summed E-state index contributed by atoms with van der Waals surface area (Å²) in [6.45, 7) is 11.4. The van der Waals surface area contributed by atoms with Gasteiger partial charge in [-0.15, -0.1) is 0 Å². The van der Waals surface area contributed by atoms with Crippen molar-refractivity contribution in [2.24, 2.45) is 11.3 Å². The van der Waals surface area contributed by atoms with Crippen LogP contribution in [0.5, 0.6) is 0 Å². The summed E-state index contributed by atoms with van der Waals surface area (Å²) in [5.74, 6) is 0.0972. The Bertz CT molecular complexity index is 88.9. The van der Waals surface area contributed by atoms with E-state index < -0.39 is 5.67 Å². The molecule has 1 atom stereocenters. The van der Waals surface area contributed by atoms with Crippen LogP contribution in [0.25, 0.3) is 0 Å². The summed E-state index contributed by atoms with van der Waals surface area (Å²) in [4.78, 5) is 0. The van der Waals surface area contributed by atoms with Gasteiger partial charge < -0.3 is 0 Å². The fraction of sp³-hybridized carbons (Fsp3) is 1.00. The second-order valence-corrected chi connectivity index (χ2v) is 4.65. The van der Waals surface area contributed by atoms with Gasteiger partial charge in [0.25, 0.3) is 0 Å². The molecule has 0 saturated heterocycles. The molecule has 62 valence electrons. The lowest BCUT2D eigenvalue weighted by molar-refractivity contribution is 0.0571. The molecule has 0 fully saturated rings. The van der Waals surface area contributed by atoms with Crippen molar-refractivity contribution in [1.82, 2.24) is 0 Å². The molecule has 0 amide bonds. The summed E-state index contributed by atoms with van der Waals surface area (Å²) in [5, 5.41) is 0. The Morgan fingerprint density at radius 3 is 1.30 bits per heavy atom. The molecule has 0 rings (SSSR count). The van der Waals surface area contributed by atoms with Crippen LogP contribution in [-0.2, 0) is 0 Å². The smallest absolute Gasteiger partial charge is 0.108 e. The number of alkyl halides is 1. The fourth-order valence-electron chi connectivity index (χ4n) is 1.03. The molecule has 10 heavy (non-hydrogen) atoms. The van der Waals surface area contributed by atoms with Gasteiger partial charge in [-0.2, -0.15) is 0 Å². The molecule has 0 N–H and O–H groups in total. The van der Waals surface area contributed by atoms with Crippen LogP contribution in [0.1, 0.15) is 41.5 Å². The highest BCUT2D eigenvalue weighted by Gasteiger charge is 2.33. The highest BCUT2D eigenvalue weighted by Crippen LogP contribution is 2.35. The normalized spacial score (nSPS) is 17.1. The van der Waals surface area contributed by atoms with Crippen LogP contribution in [0.15, 0.2) is 0 Å². The number of halogens is 1. The topological polar surface area (TPSA) is 0 Å². The molecule has 0 aromatic heterocycles. The van der Waals surface area contributed by atoms with Crippen LogP contribution >= 0.6 is 0 Å². The summed E-state index contributed by atoms with van der Waals surface area (Å²) >= 11 is 0. The molecule has 0 aliphatic carbocycles. The van der Waals surface area contributed by atoms with Gasteiger partial charge in [0.15, 0.2) is 0 Å². The maximum absolute atomic E-state index is 13.3. The summed E-state index contributed by atoms with van der Waals surface area (Å²) in [6.07, 6.45) is 0. The molecule has 0 radical (unpaired) electrons. The first-order valence-electron chi connectivity index (χ1n) is 3.84. The van der Waals surface area contributed by atoms with Gasteiger partial charge in [-0.1, -0.05) is 27.7 Å². The second-order valence-electron chi connectivity index (χ2n) is 4.65. The van der Waals surface area contributed by atoms with Crippen molar-refractivity contribution in [2.45, 2.75) is 47.2 Å². The third-order valence-electron chi connectivity index (χ3n) is 2.33. The molecule has 0 saturated carbocycles. The molecule has 1 unspecified atom stereocenters. The Morgan fingerprint density at radius 1 is 1.00 bits per heavy atom. The van der Waals surface area contributed by atoms with Gasteiger partial charge in [-0.05, 0) is 25.2 Å². The molecule has 0 aromatic rings. The summed E-state index contributed by atoms with van der Waals surface area (Å²) < 4.78 is 13.3. The van der Waals surface area contributed by atoms with Gasteiger partial charge in [0.1, 0.15) is 5.67 Å². The Labute approximate surface area is 63.8 Å². The third-order valence-corrected chi connectivity index (χ3v) is 2.33. The van der Waals surface area contributed by atoms with E-state index in [0.717, 1.165) is 0 Å². The standard InChI is InChI=1S/C9H19F/c1-7(8(2,3)4)9(5,6)10/h7H,1-6H3. The van der Waals surface area contributed by atoms with Crippen molar-refractivity contribution in [3.05, 3.63) is 0 Å². The van der Waals surface area contributed by atoms with Gasteiger partial charge in [0.2, 0.25) is 0 Å². The number of rotatable bonds is 1. The maximum Gasteiger partial charge on any atom is 0.108 e. The zero-order valence-corrected chi connectivity index (χ0v) is 7.96. The number of hydrogen-bond acceptors (Lipinski definition) is 0. The molecular formula is C9H19F. The van der Waals surface area contributed by atoms with Gasteiger partial charge in [-0.3, -0.25) is 0 Å². The Hall–Kier alpha value is -0.0700. The maximum atomic E-state index is 13.3. The van der Waals surface area contributed by atoms with Gasteiger partial charge >= 0.3 is 0 Å². The minimum atomic E-state index is -1.06. The minimum Gasteiger partial charge on any atom is -0.244 e. The van der Waals surface area contributed by atoms with Crippen LogP contribution in [-0.4, -0.2) is 5.67 Å². The van der Waals surface area contributed by atoms with Crippen LogP contribution in [0.4, 0.5) is 4.39 Å². The molecule has 0 heterocycles. The van der Waals surface area contributed by atoms with Crippen molar-refractivity contribution in [3.63, 3.8) is 0 Å². The van der Waals surface area contributed by atoms with Crippen molar-refractivity contribution < 1.29 is 4.39 Å². The SMILES string of the molecule is CC(C(C)(C)C)C(C)(C)F. The van der Waals surface area contributed by atoms with E-state index in [2.05, 4.69) is 20.8 Å². The van der Waals surface area contributed by atoms with Crippen molar-refractivity contribution in [3.8, 4) is 0 Å². The first kappa shape index (κ1) is 9.93. The lowest BCUT2D eigenvalue weighted by atomic mass is 9.74. The Kier molecular flexibility index (Phi) is 2.50. The van der Waals surface area contributed by atoms with Gasteiger partial charge in [0, 0.05) is 0 Å². The monoisotopic (exact) mass is 146 g/mol. The number of hydrogen-bond donors (Lipinski definition) is 0. The average molecular weight is 146 g/mol. The van der Waals surface area contributed by atoms with Gasteiger partial charge in [-0.25, -0.2) is 4.39 Å². The quantitative estimate of drug-likeness (QED) is 0.531. The summed E-state index contributed by atoms with van der Waals surface area (Å²) in [5.41, 5.74) is -0.990. The minimum absolute atomic E-state index is 0.0677. The summed E-state index contributed by atoms with van der Waals surface area (Å²) in [7, 11) is 0. The molecule has 0 spiro atoms. The Balaban J connectivity index is 4.23. The largest absolute Gasteiger partial charge is 0.244 e. The lowest BCUT2D eigenvalue weighted by Gasteiger charge is -2.34. The molecule has 0 aromatic carbocycles. The molecule has 0 nitrogen and oxygen atoms in total. The van der Waals surface area contributed by atoms with E-state index >= 15 is 0 Å². The zero-order valence-electron chi connectivity index (χ0n) is 7.96. The van der Waals surface area contributed by atoms with E-state index in [1.54, 1.807) is 13.8 Å². The van der Waals surface area contributed by atoms with E-state index in [1.807, 2.05) is 6.92 Å². The van der Waals surface area contributed by atoms with E-state index in [9.17, 15) is 4.39 Å². The van der Waals surface area contributed by atoms with Crippen LogP contribution in [0.3, 0.4) is 0 Å². The van der Waals surface area contributed by atoms with E-state index in [4.69, 9.17) is 0 Å². The first-order chi connectivity index (χ1) is 4.15. The highest BCUT2D eigenvalue weighted by atomic mass is 19.1. The molecular weight excluding hydrogens is 127 g/mol. The van der Waals surface area contributed by atoms with Crippen LogP contribution in [0.2, 0.25) is 0 Å². The zero-order chi connectivity index (χ0) is 8.58. The van der Waals surface area contributed by atoms with Crippen LogP contribution < -0.4 is 0 Å². The predicted molar refractivity (Wildman–Crippen MR) is 43.8 cm³/mol. The van der Waals surface area contributed by atoms with Crippen molar-refractivity contribution in [2.75, 3.05) is 0 Å². The van der Waals surface area contributed by atoms with Crippen molar-refractivity contribution >= 4 is 0 Å². The van der Waals surface area contributed by atoms with E-state index in [1.165, 1.54) is 0 Å². The predicted octanol–water partition coefficient (Wildman–Crippen LogP) is 3.42. The third kappa shape index (κ3) is 2.68. The van der Waals surface area contributed by atoms with Crippen molar-refractivity contribution in [1.29, 1.82) is 0 Å². The first-order valence-corrected chi connectivity index (χ1v) is 3.84. The van der Waals surface area contributed by atoms with Crippen LogP contribution in [0, 0.1) is 11.3 Å².